The Labute approximate surface area is 389 Å². The van der Waals surface area contributed by atoms with E-state index in [0.29, 0.717) is 32.3 Å². The predicted octanol–water partition coefficient (Wildman–Crippen LogP) is 8.41. The average molecular weight is 1060 g/mol. The largest absolute Gasteiger partial charge is 0.481 e. The summed E-state index contributed by atoms with van der Waals surface area (Å²) in [7, 11) is 0. The van der Waals surface area contributed by atoms with Crippen LogP contribution in [0.3, 0.4) is 0 Å². The van der Waals surface area contributed by atoms with Crippen molar-refractivity contribution in [3.8, 4) is 0 Å². The van der Waals surface area contributed by atoms with Crippen molar-refractivity contribution in [1.29, 1.82) is 0 Å². The Kier molecular flexibility index (Phi) is 22.1. The Balaban J connectivity index is 0.000000293. The molecule has 5 rings (SSSR count). The molecule has 0 aromatic carbocycles. The van der Waals surface area contributed by atoms with Crippen molar-refractivity contribution in [2.24, 2.45) is 11.8 Å². The number of carbonyl (C=O) groups is 7. The minimum absolute atomic E-state index is 0.0329. The van der Waals surface area contributed by atoms with E-state index in [4.69, 9.17) is 25.4 Å². The molecule has 0 saturated carbocycles. The second kappa shape index (κ2) is 26.6. The molecular weight excluding hydrogens is 1010 g/mol. The van der Waals surface area contributed by atoms with Crippen molar-refractivity contribution in [1.82, 2.24) is 15.0 Å². The highest BCUT2D eigenvalue weighted by Crippen LogP contribution is 2.27. The molecule has 0 fully saturated rings. The van der Waals surface area contributed by atoms with Crippen LogP contribution < -0.4 is 11.3 Å². The number of H-pyrrole nitrogens is 2. The molecule has 63 heavy (non-hydrogen) atoms. The summed E-state index contributed by atoms with van der Waals surface area (Å²) in [6.45, 7) is 3.97. The van der Waals surface area contributed by atoms with Gasteiger partial charge in [-0.25, -0.2) is 4.79 Å². The number of aromatic nitrogens is 3. The van der Waals surface area contributed by atoms with Gasteiger partial charge in [-0.2, -0.15) is 4.98 Å². The quantitative estimate of drug-likeness (QED) is 0.0215. The lowest BCUT2D eigenvalue weighted by molar-refractivity contribution is -0.149. The number of carbonyl (C=O) groups excluding carboxylic acids is 4. The fraction of sp³-hybridized carbons (Fsp3) is 0.390. The number of aliphatic carboxylic acids is 2. The summed E-state index contributed by atoms with van der Waals surface area (Å²) in [4.78, 5) is 104. The number of thiophene rings is 3. The number of hydrogen-bond acceptors (Lipinski definition) is 15. The van der Waals surface area contributed by atoms with Crippen LogP contribution >= 0.6 is 65.9 Å². The zero-order chi connectivity index (χ0) is 46.6. The number of nitrogen functional groups attached to an aromatic ring is 1. The lowest BCUT2D eigenvalue weighted by Crippen LogP contribution is -2.22. The molecule has 22 heteroatoms. The molecule has 5 heterocycles. The molecule has 17 nitrogen and oxygen atoms in total. The number of nitrogens with one attached hydrogen (secondary N) is 2. The van der Waals surface area contributed by atoms with E-state index in [2.05, 4.69) is 46.8 Å². The average Bonchev–Trinajstić information content (AvgIpc) is 4.05. The van der Waals surface area contributed by atoms with E-state index in [0.717, 1.165) is 43.8 Å². The van der Waals surface area contributed by atoms with E-state index in [-0.39, 0.29) is 74.2 Å². The molecule has 0 aliphatic heterocycles. The van der Waals surface area contributed by atoms with Crippen molar-refractivity contribution < 1.29 is 58.4 Å². The van der Waals surface area contributed by atoms with E-state index < -0.39 is 35.7 Å². The number of anilines is 1. The number of unbranched alkanes of at least 4 members (excludes halogenated alkanes) is 1. The zero-order valence-electron chi connectivity index (χ0n) is 34.1. The number of nitrogens with two attached hydrogens (primary N) is 1. The number of carboxylic acids is 3. The Hall–Kier alpha value is -5.03. The summed E-state index contributed by atoms with van der Waals surface area (Å²) in [5.41, 5.74) is 6.63. The van der Waals surface area contributed by atoms with Crippen LogP contribution in [0.15, 0.2) is 54.8 Å². The molecule has 5 aromatic heterocycles. The number of ether oxygens (including phenoxy) is 2. The number of hydrogen-bond donors (Lipinski definition) is 6. The van der Waals surface area contributed by atoms with Crippen molar-refractivity contribution in [2.45, 2.75) is 78.1 Å². The van der Waals surface area contributed by atoms with Gasteiger partial charge >= 0.3 is 29.8 Å². The first-order chi connectivity index (χ1) is 29.9. The molecule has 5 aromatic rings. The molecule has 340 valence electrons. The fourth-order valence-corrected chi connectivity index (χ4v) is 9.30. The summed E-state index contributed by atoms with van der Waals surface area (Å²) in [5.74, 6) is -5.91. The van der Waals surface area contributed by atoms with Gasteiger partial charge in [0.15, 0.2) is 11.6 Å². The number of esters is 2. The standard InChI is InChI=1S/C21H24N4O6S.C15H19BrO5S.C5H3BrO2S/c22-21-24-18-14(19(29)25-21)10-12(23-18)3-1-2-4-13-6-7-16(32-13)15(26)9-11(20(30)31)5-8-17(27)28;1-3-20-14(18)8-5-10(15(19)21-4-2)9-11(17)12-6-7-13(16)22-12;6-4-2-1-3(9-4)5(7)8/h6-7,10-11H,1-5,8-9H2,(H,27,28)(H,30,31)(H4,22,23,24,25,29);6-7,10H,3-5,8-9H2,1-2H3;1-2H,(H,7,8)/t11-;10-;/m11./s1. The summed E-state index contributed by atoms with van der Waals surface area (Å²) in [6.07, 6.45) is 3.04. The number of carboxylic acid groups (broad SMARTS) is 3. The van der Waals surface area contributed by atoms with Gasteiger partial charge < -0.3 is 35.5 Å². The topological polar surface area (TPSA) is 286 Å². The first kappa shape index (κ1) is 52.3. The van der Waals surface area contributed by atoms with E-state index in [9.17, 15) is 43.5 Å². The van der Waals surface area contributed by atoms with Crippen LogP contribution in [0, 0.1) is 11.8 Å². The van der Waals surface area contributed by atoms with E-state index >= 15 is 0 Å². The van der Waals surface area contributed by atoms with Crippen LogP contribution in [-0.4, -0.2) is 84.9 Å². The highest BCUT2D eigenvalue weighted by atomic mass is 79.9. The molecule has 2 atom stereocenters. The highest BCUT2D eigenvalue weighted by molar-refractivity contribution is 9.11. The Morgan fingerprint density at radius 2 is 1.32 bits per heavy atom. The molecule has 0 aliphatic rings. The summed E-state index contributed by atoms with van der Waals surface area (Å²) in [5, 5.41) is 26.8. The Bertz CT molecular complexity index is 2420. The zero-order valence-corrected chi connectivity index (χ0v) is 39.7. The number of rotatable bonds is 22. The van der Waals surface area contributed by atoms with Crippen molar-refractivity contribution in [3.05, 3.63) is 85.6 Å². The highest BCUT2D eigenvalue weighted by Gasteiger charge is 2.26. The third-order valence-electron chi connectivity index (χ3n) is 8.80. The maximum Gasteiger partial charge on any atom is 0.345 e. The Morgan fingerprint density at radius 3 is 1.87 bits per heavy atom. The molecule has 0 bridgehead atoms. The SMILES string of the molecule is CCOC(=O)CC[C@H](CC(=O)c1ccc(Br)s1)C(=O)OCC.Nc1nc2[nH]c(CCCCc3ccc(C(=O)C[C@@H](CCC(=O)O)C(=O)O)s3)cc2c(=O)[nH]1.O=C(O)c1ccc(Br)s1. The molecule has 0 saturated heterocycles. The van der Waals surface area contributed by atoms with Crippen molar-refractivity contribution >= 4 is 124 Å². The molecular formula is C41H46Br2N4O13S3. The van der Waals surface area contributed by atoms with E-state index in [1.54, 1.807) is 50.2 Å². The summed E-state index contributed by atoms with van der Waals surface area (Å²) < 4.78 is 11.5. The van der Waals surface area contributed by atoms with Gasteiger partial charge in [0.2, 0.25) is 5.95 Å². The maximum absolute atomic E-state index is 12.4. The van der Waals surface area contributed by atoms with Gasteiger partial charge in [-0.15, -0.1) is 34.0 Å². The van der Waals surface area contributed by atoms with Crippen LogP contribution in [0.1, 0.15) is 105 Å². The van der Waals surface area contributed by atoms with Gasteiger partial charge in [0, 0.05) is 36.3 Å². The van der Waals surface area contributed by atoms with Crippen molar-refractivity contribution in [3.63, 3.8) is 0 Å². The van der Waals surface area contributed by atoms with Gasteiger partial charge in [-0.1, -0.05) is 0 Å². The molecule has 0 aliphatic carbocycles. The number of fused-ring (bicyclic) bond motifs is 1. The van der Waals surface area contributed by atoms with Crippen LogP contribution in [0.25, 0.3) is 11.0 Å². The number of Topliss-reactive ketones (excluding diaryl/α,β-unsaturated/α-hetero) is 2. The molecule has 0 unspecified atom stereocenters. The van der Waals surface area contributed by atoms with E-state index in [1.807, 2.05) is 6.07 Å². The smallest absolute Gasteiger partial charge is 0.345 e. The minimum atomic E-state index is -1.16. The number of aromatic carboxylic acids is 1. The van der Waals surface area contributed by atoms with Crippen LogP contribution in [0.2, 0.25) is 0 Å². The lowest BCUT2D eigenvalue weighted by Gasteiger charge is -2.14. The normalized spacial score (nSPS) is 11.6. The predicted molar refractivity (Wildman–Crippen MR) is 245 cm³/mol. The first-order valence-electron chi connectivity index (χ1n) is 19.4. The van der Waals surface area contributed by atoms with Gasteiger partial charge in [-0.3, -0.25) is 38.5 Å². The Morgan fingerprint density at radius 1 is 0.746 bits per heavy atom. The summed E-state index contributed by atoms with van der Waals surface area (Å²) in [6, 6.07) is 12.1. The van der Waals surface area contributed by atoms with Crippen LogP contribution in [-0.2, 0) is 41.5 Å². The molecule has 7 N–H and O–H groups in total. The van der Waals surface area contributed by atoms with Gasteiger partial charge in [0.25, 0.3) is 5.56 Å². The van der Waals surface area contributed by atoms with E-state index in [1.165, 1.54) is 34.0 Å². The third-order valence-corrected chi connectivity index (χ3v) is 13.3. The molecule has 0 amide bonds. The number of ketones is 2. The number of aryl methyl sites for hydroxylation is 2. The van der Waals surface area contributed by atoms with Gasteiger partial charge in [0.1, 0.15) is 10.5 Å². The number of nitrogens with zero attached hydrogens (tertiary/aromatic N) is 1. The maximum atomic E-state index is 12.4. The minimum Gasteiger partial charge on any atom is -0.481 e. The monoisotopic (exact) mass is 1060 g/mol. The first-order valence-corrected chi connectivity index (χ1v) is 23.5. The summed E-state index contributed by atoms with van der Waals surface area (Å²) >= 11 is 10.3. The second-order valence-corrected chi connectivity index (χ2v) is 19.6. The van der Waals surface area contributed by atoms with Crippen LogP contribution in [0.5, 0.6) is 0 Å². The fourth-order valence-electron chi connectivity index (χ4n) is 5.74. The van der Waals surface area contributed by atoms with Gasteiger partial charge in [-0.05, 0) is 127 Å². The molecule has 0 spiro atoms. The number of aromatic amines is 2. The van der Waals surface area contributed by atoms with Crippen LogP contribution in [0.4, 0.5) is 5.95 Å². The lowest BCUT2D eigenvalue weighted by atomic mass is 9.96. The van der Waals surface area contributed by atoms with Crippen molar-refractivity contribution in [2.75, 3.05) is 18.9 Å². The number of halogens is 2. The molecule has 0 radical (unpaired) electrons. The third kappa shape index (κ3) is 18.3. The second-order valence-electron chi connectivity index (χ2n) is 13.5. The van der Waals surface area contributed by atoms with Gasteiger partial charge in [0.05, 0.1) is 47.8 Å².